The Balaban J connectivity index is 2.28. The summed E-state index contributed by atoms with van der Waals surface area (Å²) < 4.78 is 0. The van der Waals surface area contributed by atoms with Crippen LogP contribution in [-0.2, 0) is 11.2 Å². The van der Waals surface area contributed by atoms with E-state index in [9.17, 15) is 14.7 Å². The quantitative estimate of drug-likeness (QED) is 0.575. The molecule has 0 aliphatic carbocycles. The number of aliphatic hydroxyl groups is 1. The van der Waals surface area contributed by atoms with Crippen molar-refractivity contribution in [2.24, 2.45) is 5.41 Å². The Labute approximate surface area is 124 Å². The monoisotopic (exact) mass is 294 g/mol. The van der Waals surface area contributed by atoms with Crippen LogP contribution >= 0.6 is 0 Å². The van der Waals surface area contributed by atoms with Gasteiger partial charge in [0.2, 0.25) is 0 Å². The maximum Gasteiger partial charge on any atom is 0.314 e. The zero-order valence-corrected chi connectivity index (χ0v) is 12.1. The van der Waals surface area contributed by atoms with Gasteiger partial charge in [0, 0.05) is 18.5 Å². The van der Waals surface area contributed by atoms with Crippen molar-refractivity contribution in [3.8, 4) is 0 Å². The van der Waals surface area contributed by atoms with Gasteiger partial charge in [-0.1, -0.05) is 37.3 Å². The third-order valence-electron chi connectivity index (χ3n) is 3.18. The van der Waals surface area contributed by atoms with E-state index < -0.39 is 11.4 Å². The first-order chi connectivity index (χ1) is 9.95. The molecule has 4 N–H and O–H groups in total. The standard InChI is InChI=1S/C15H22N2O4/c1-15(11-18,9-13(19)20)10-17-14(21)16-8-7-12-5-3-2-4-6-12/h2-6,18H,7-11H2,1H3,(H,19,20)(H2,16,17,21). The Kier molecular flexibility index (Phi) is 6.68. The second-order valence-electron chi connectivity index (χ2n) is 5.38. The van der Waals surface area contributed by atoms with Crippen LogP contribution in [-0.4, -0.2) is 41.9 Å². The summed E-state index contributed by atoms with van der Waals surface area (Å²) in [6.07, 6.45) is 0.522. The normalized spacial score (nSPS) is 13.2. The first kappa shape index (κ1) is 17.0. The number of carbonyl (C=O) groups excluding carboxylic acids is 1. The second kappa shape index (κ2) is 8.26. The molecule has 1 rings (SSSR count). The topological polar surface area (TPSA) is 98.7 Å². The molecule has 6 heteroatoms. The molecule has 0 aliphatic rings. The summed E-state index contributed by atoms with van der Waals surface area (Å²) in [5.41, 5.74) is 0.270. The Bertz CT molecular complexity index is 464. The average Bonchev–Trinajstić information content (AvgIpc) is 2.46. The molecular weight excluding hydrogens is 272 g/mol. The highest BCUT2D eigenvalue weighted by molar-refractivity contribution is 5.74. The fraction of sp³-hybridized carbons (Fsp3) is 0.467. The van der Waals surface area contributed by atoms with E-state index in [1.807, 2.05) is 30.3 Å². The molecule has 0 spiro atoms. The van der Waals surface area contributed by atoms with Crippen molar-refractivity contribution in [3.05, 3.63) is 35.9 Å². The molecule has 1 unspecified atom stereocenters. The summed E-state index contributed by atoms with van der Waals surface area (Å²) in [6.45, 7) is 1.91. The molecule has 0 fully saturated rings. The van der Waals surface area contributed by atoms with Crippen LogP contribution in [0.5, 0.6) is 0 Å². The number of aliphatic carboxylic acids is 1. The highest BCUT2D eigenvalue weighted by atomic mass is 16.4. The number of rotatable bonds is 8. The summed E-state index contributed by atoms with van der Waals surface area (Å²) in [5, 5.41) is 23.3. The first-order valence-electron chi connectivity index (χ1n) is 6.83. The van der Waals surface area contributed by atoms with Gasteiger partial charge in [-0.05, 0) is 12.0 Å². The van der Waals surface area contributed by atoms with E-state index in [1.54, 1.807) is 6.92 Å². The van der Waals surface area contributed by atoms with Gasteiger partial charge < -0.3 is 20.8 Å². The van der Waals surface area contributed by atoms with Crippen LogP contribution in [0.2, 0.25) is 0 Å². The molecule has 116 valence electrons. The number of hydrogen-bond acceptors (Lipinski definition) is 3. The molecule has 6 nitrogen and oxygen atoms in total. The molecule has 0 bridgehead atoms. The lowest BCUT2D eigenvalue weighted by molar-refractivity contribution is -0.140. The van der Waals surface area contributed by atoms with Crippen molar-refractivity contribution < 1.29 is 19.8 Å². The third-order valence-corrected chi connectivity index (χ3v) is 3.18. The third kappa shape index (κ3) is 6.76. The van der Waals surface area contributed by atoms with Crippen molar-refractivity contribution in [1.82, 2.24) is 10.6 Å². The summed E-state index contributed by atoms with van der Waals surface area (Å²) in [4.78, 5) is 22.3. The van der Waals surface area contributed by atoms with Crippen LogP contribution in [0, 0.1) is 5.41 Å². The SMILES string of the molecule is CC(CO)(CNC(=O)NCCc1ccccc1)CC(=O)O. The second-order valence-corrected chi connectivity index (χ2v) is 5.38. The number of benzene rings is 1. The van der Waals surface area contributed by atoms with Gasteiger partial charge in [-0.15, -0.1) is 0 Å². The van der Waals surface area contributed by atoms with Crippen molar-refractivity contribution in [3.63, 3.8) is 0 Å². The number of carboxylic acids is 1. The minimum atomic E-state index is -1.00. The van der Waals surface area contributed by atoms with Crippen LogP contribution in [0.4, 0.5) is 4.79 Å². The first-order valence-corrected chi connectivity index (χ1v) is 6.83. The fourth-order valence-electron chi connectivity index (χ4n) is 1.86. The van der Waals surface area contributed by atoms with Gasteiger partial charge in [0.1, 0.15) is 0 Å². The van der Waals surface area contributed by atoms with Gasteiger partial charge in [-0.25, -0.2) is 4.79 Å². The van der Waals surface area contributed by atoms with Gasteiger partial charge in [0.15, 0.2) is 0 Å². The highest BCUT2D eigenvalue weighted by Crippen LogP contribution is 2.19. The molecule has 0 heterocycles. The Morgan fingerprint density at radius 3 is 2.43 bits per heavy atom. The predicted octanol–water partition coefficient (Wildman–Crippen LogP) is 1.00. The number of amides is 2. The van der Waals surface area contributed by atoms with Gasteiger partial charge in [-0.3, -0.25) is 4.79 Å². The number of hydrogen-bond donors (Lipinski definition) is 4. The van der Waals surface area contributed by atoms with Gasteiger partial charge in [0.05, 0.1) is 13.0 Å². The van der Waals surface area contributed by atoms with Crippen molar-refractivity contribution in [2.75, 3.05) is 19.7 Å². The highest BCUT2D eigenvalue weighted by Gasteiger charge is 2.27. The molecule has 0 aromatic heterocycles. The average molecular weight is 294 g/mol. The molecular formula is C15H22N2O4. The number of urea groups is 1. The van der Waals surface area contributed by atoms with Gasteiger partial charge in [-0.2, -0.15) is 0 Å². The zero-order chi connectivity index (χ0) is 15.7. The molecule has 1 aromatic carbocycles. The van der Waals surface area contributed by atoms with Crippen LogP contribution in [0.1, 0.15) is 18.9 Å². The molecule has 2 amide bonds. The van der Waals surface area contributed by atoms with Crippen molar-refractivity contribution >= 4 is 12.0 Å². The van der Waals surface area contributed by atoms with Crippen LogP contribution in [0.15, 0.2) is 30.3 Å². The molecule has 1 aromatic rings. The van der Waals surface area contributed by atoms with E-state index in [1.165, 1.54) is 0 Å². The Morgan fingerprint density at radius 1 is 1.19 bits per heavy atom. The van der Waals surface area contributed by atoms with Crippen molar-refractivity contribution in [2.45, 2.75) is 19.8 Å². The predicted molar refractivity (Wildman–Crippen MR) is 79.0 cm³/mol. The van der Waals surface area contributed by atoms with E-state index in [0.717, 1.165) is 12.0 Å². The Hall–Kier alpha value is -2.08. The van der Waals surface area contributed by atoms with Crippen LogP contribution < -0.4 is 10.6 Å². The molecule has 21 heavy (non-hydrogen) atoms. The Morgan fingerprint density at radius 2 is 1.86 bits per heavy atom. The number of aliphatic hydroxyl groups excluding tert-OH is 1. The lowest BCUT2D eigenvalue weighted by atomic mass is 9.88. The van der Waals surface area contributed by atoms with E-state index in [4.69, 9.17) is 5.11 Å². The van der Waals surface area contributed by atoms with Crippen LogP contribution in [0.3, 0.4) is 0 Å². The van der Waals surface area contributed by atoms with Gasteiger partial charge in [0.25, 0.3) is 0 Å². The smallest absolute Gasteiger partial charge is 0.314 e. The molecule has 1 atom stereocenters. The van der Waals surface area contributed by atoms with Crippen molar-refractivity contribution in [1.29, 1.82) is 0 Å². The lowest BCUT2D eigenvalue weighted by Crippen LogP contribution is -2.44. The van der Waals surface area contributed by atoms with E-state index >= 15 is 0 Å². The van der Waals surface area contributed by atoms with E-state index in [0.29, 0.717) is 6.54 Å². The number of carbonyl (C=O) groups is 2. The number of nitrogens with one attached hydrogen (secondary N) is 2. The minimum Gasteiger partial charge on any atom is -0.481 e. The summed E-state index contributed by atoms with van der Waals surface area (Å²) in [7, 11) is 0. The fourth-order valence-corrected chi connectivity index (χ4v) is 1.86. The lowest BCUT2D eigenvalue weighted by Gasteiger charge is -2.25. The maximum atomic E-state index is 11.6. The van der Waals surface area contributed by atoms with Gasteiger partial charge >= 0.3 is 12.0 Å². The molecule has 0 saturated heterocycles. The zero-order valence-electron chi connectivity index (χ0n) is 12.1. The molecule has 0 aliphatic heterocycles. The summed E-state index contributed by atoms with van der Waals surface area (Å²) >= 11 is 0. The number of carboxylic acid groups (broad SMARTS) is 1. The van der Waals surface area contributed by atoms with E-state index in [-0.39, 0.29) is 25.6 Å². The van der Waals surface area contributed by atoms with E-state index in [2.05, 4.69) is 10.6 Å². The summed E-state index contributed by atoms with van der Waals surface area (Å²) in [5.74, 6) is -1.00. The maximum absolute atomic E-state index is 11.6. The van der Waals surface area contributed by atoms with Crippen LogP contribution in [0.25, 0.3) is 0 Å². The molecule has 0 radical (unpaired) electrons. The largest absolute Gasteiger partial charge is 0.481 e. The minimum absolute atomic E-state index is 0.104. The molecule has 0 saturated carbocycles. The summed E-state index contributed by atoms with van der Waals surface area (Å²) in [6, 6.07) is 9.41.